The third-order valence-electron chi connectivity index (χ3n) is 5.56. The Kier molecular flexibility index (Phi) is 5.94. The summed E-state index contributed by atoms with van der Waals surface area (Å²) in [4.78, 5) is 18.6. The summed E-state index contributed by atoms with van der Waals surface area (Å²) in [5.41, 5.74) is 2.98. The van der Waals surface area contributed by atoms with Gasteiger partial charge in [-0.2, -0.15) is 8.42 Å². The molecule has 0 aliphatic rings. The van der Waals surface area contributed by atoms with E-state index >= 15 is 0 Å². The van der Waals surface area contributed by atoms with E-state index in [1.54, 1.807) is 0 Å². The maximum Gasteiger partial charge on any atom is 0.338 e. The Morgan fingerprint density at radius 1 is 1.11 bits per heavy atom. The highest BCUT2D eigenvalue weighted by atomic mass is 32.2. The second-order valence-electron chi connectivity index (χ2n) is 7.76. The van der Waals surface area contributed by atoms with Gasteiger partial charge in [-0.1, -0.05) is 36.4 Å². The SMILES string of the molecule is COc1cc(C(=O)O)c(F)cc1NS(=O)(=O)c1csc(-c2ccc(-c3cccc4[nH]ccc34)cc2)n1. The van der Waals surface area contributed by atoms with Crippen molar-refractivity contribution in [2.24, 2.45) is 0 Å². The van der Waals surface area contributed by atoms with Gasteiger partial charge in [0.05, 0.1) is 18.4 Å². The van der Waals surface area contributed by atoms with Gasteiger partial charge in [-0.15, -0.1) is 11.3 Å². The summed E-state index contributed by atoms with van der Waals surface area (Å²) in [7, 11) is -2.98. The minimum absolute atomic E-state index is 0.138. The lowest BCUT2D eigenvalue weighted by Crippen LogP contribution is -2.15. The minimum atomic E-state index is -4.20. The number of thiazole rings is 1. The first-order chi connectivity index (χ1) is 17.3. The van der Waals surface area contributed by atoms with E-state index < -0.39 is 27.4 Å². The van der Waals surface area contributed by atoms with Crippen molar-refractivity contribution in [2.45, 2.75) is 5.03 Å². The standard InChI is InChI=1S/C25H18FN3O5S2/c1-34-22-11-18(25(30)31)19(26)12-21(22)29-36(32,33)23-13-35-24(28-23)15-7-5-14(6-8-15)16-3-2-4-20-17(16)9-10-27-20/h2-13,27,29H,1H3,(H,30,31). The number of carbonyl (C=O) groups is 1. The van der Waals surface area contributed by atoms with Crippen LogP contribution in [0.2, 0.25) is 0 Å². The quantitative estimate of drug-likeness (QED) is 0.255. The van der Waals surface area contributed by atoms with Crippen LogP contribution < -0.4 is 9.46 Å². The number of aromatic nitrogens is 2. The molecule has 0 fully saturated rings. The van der Waals surface area contributed by atoms with Gasteiger partial charge >= 0.3 is 5.97 Å². The number of sulfonamides is 1. The monoisotopic (exact) mass is 523 g/mol. The predicted octanol–water partition coefficient (Wildman–Crippen LogP) is 5.61. The number of methoxy groups -OCH3 is 1. The smallest absolute Gasteiger partial charge is 0.338 e. The van der Waals surface area contributed by atoms with E-state index in [9.17, 15) is 17.6 Å². The van der Waals surface area contributed by atoms with Crippen molar-refractivity contribution in [2.75, 3.05) is 11.8 Å². The molecule has 0 saturated carbocycles. The number of ether oxygens (including phenoxy) is 1. The Balaban J connectivity index is 1.41. The van der Waals surface area contributed by atoms with Crippen LogP contribution in [-0.4, -0.2) is 36.6 Å². The van der Waals surface area contributed by atoms with Crippen LogP contribution >= 0.6 is 11.3 Å². The molecular formula is C25H18FN3O5S2. The number of rotatable bonds is 7. The van der Waals surface area contributed by atoms with Gasteiger partial charge in [0.1, 0.15) is 16.6 Å². The van der Waals surface area contributed by atoms with E-state index in [-0.39, 0.29) is 16.5 Å². The zero-order chi connectivity index (χ0) is 25.4. The molecule has 0 spiro atoms. The van der Waals surface area contributed by atoms with Crippen LogP contribution in [0.25, 0.3) is 32.6 Å². The molecule has 0 unspecified atom stereocenters. The minimum Gasteiger partial charge on any atom is -0.495 e. The highest BCUT2D eigenvalue weighted by Gasteiger charge is 2.23. The van der Waals surface area contributed by atoms with Gasteiger partial charge < -0.3 is 14.8 Å². The summed E-state index contributed by atoms with van der Waals surface area (Å²) in [6, 6.07) is 17.3. The summed E-state index contributed by atoms with van der Waals surface area (Å²) in [5.74, 6) is -2.74. The van der Waals surface area contributed by atoms with Crippen molar-refractivity contribution < 1.29 is 27.4 Å². The van der Waals surface area contributed by atoms with Crippen LogP contribution in [0, 0.1) is 5.82 Å². The molecule has 2 aromatic heterocycles. The summed E-state index contributed by atoms with van der Waals surface area (Å²) >= 11 is 1.15. The zero-order valence-corrected chi connectivity index (χ0v) is 20.3. The number of hydrogen-bond acceptors (Lipinski definition) is 6. The molecule has 0 amide bonds. The molecular weight excluding hydrogens is 505 g/mol. The fourth-order valence-electron chi connectivity index (χ4n) is 3.81. The third-order valence-corrected chi connectivity index (χ3v) is 7.85. The number of halogens is 1. The normalized spacial score (nSPS) is 11.5. The van der Waals surface area contributed by atoms with E-state index in [0.29, 0.717) is 5.01 Å². The number of carboxylic acid groups (broad SMARTS) is 1. The number of benzene rings is 3. The van der Waals surface area contributed by atoms with Crippen molar-refractivity contribution in [3.05, 3.63) is 83.6 Å². The molecule has 5 rings (SSSR count). The van der Waals surface area contributed by atoms with E-state index in [1.807, 2.05) is 54.7 Å². The molecule has 0 aliphatic heterocycles. The lowest BCUT2D eigenvalue weighted by atomic mass is 10.0. The Hall–Kier alpha value is -4.22. The van der Waals surface area contributed by atoms with E-state index in [4.69, 9.17) is 9.84 Å². The fourth-order valence-corrected chi connectivity index (χ4v) is 5.97. The number of H-pyrrole nitrogens is 1. The van der Waals surface area contributed by atoms with E-state index in [2.05, 4.69) is 14.7 Å². The van der Waals surface area contributed by atoms with Crippen LogP contribution in [0.3, 0.4) is 0 Å². The number of carboxylic acids is 1. The molecule has 5 aromatic rings. The van der Waals surface area contributed by atoms with E-state index in [1.165, 1.54) is 12.5 Å². The average Bonchev–Trinajstić information content (AvgIpc) is 3.54. The molecule has 8 nitrogen and oxygen atoms in total. The van der Waals surface area contributed by atoms with Crippen molar-refractivity contribution in [3.63, 3.8) is 0 Å². The van der Waals surface area contributed by atoms with Crippen molar-refractivity contribution in [1.29, 1.82) is 0 Å². The zero-order valence-electron chi connectivity index (χ0n) is 18.7. The third kappa shape index (κ3) is 4.30. The molecule has 0 atom stereocenters. The van der Waals surface area contributed by atoms with Gasteiger partial charge in [-0.3, -0.25) is 4.72 Å². The number of nitrogens with zero attached hydrogens (tertiary/aromatic N) is 1. The maximum atomic E-state index is 14.2. The molecule has 11 heteroatoms. The number of nitrogens with one attached hydrogen (secondary N) is 2. The Morgan fingerprint density at radius 3 is 2.58 bits per heavy atom. The number of hydrogen-bond donors (Lipinski definition) is 3. The van der Waals surface area contributed by atoms with Gasteiger partial charge in [0.15, 0.2) is 5.03 Å². The summed E-state index contributed by atoms with van der Waals surface area (Å²) in [5, 5.41) is 11.8. The van der Waals surface area contributed by atoms with Crippen LogP contribution in [0.4, 0.5) is 10.1 Å². The Morgan fingerprint density at radius 2 is 1.86 bits per heavy atom. The summed E-state index contributed by atoms with van der Waals surface area (Å²) in [6.45, 7) is 0. The molecule has 0 aliphatic carbocycles. The van der Waals surface area contributed by atoms with Crippen LogP contribution in [0.5, 0.6) is 5.75 Å². The van der Waals surface area contributed by atoms with Gasteiger partial charge in [0.25, 0.3) is 10.0 Å². The molecule has 182 valence electrons. The van der Waals surface area contributed by atoms with Crippen molar-refractivity contribution in [3.8, 4) is 27.4 Å². The molecule has 3 aromatic carbocycles. The molecule has 0 bridgehead atoms. The number of aromatic carboxylic acids is 1. The maximum absolute atomic E-state index is 14.2. The first-order valence-corrected chi connectivity index (χ1v) is 12.9. The Labute approximate surface area is 209 Å². The Bertz CT molecular complexity index is 1710. The first kappa shape index (κ1) is 23.5. The van der Waals surface area contributed by atoms with Crippen molar-refractivity contribution >= 4 is 43.9 Å². The largest absolute Gasteiger partial charge is 0.495 e. The van der Waals surface area contributed by atoms with Crippen molar-refractivity contribution in [1.82, 2.24) is 9.97 Å². The molecule has 2 heterocycles. The highest BCUT2D eigenvalue weighted by Crippen LogP contribution is 2.33. The fraction of sp³-hybridized carbons (Fsp3) is 0.0400. The highest BCUT2D eigenvalue weighted by molar-refractivity contribution is 7.92. The van der Waals surface area contributed by atoms with Crippen LogP contribution in [-0.2, 0) is 10.0 Å². The summed E-state index contributed by atoms with van der Waals surface area (Å²) in [6.07, 6.45) is 1.89. The average molecular weight is 524 g/mol. The second kappa shape index (κ2) is 9.10. The molecule has 36 heavy (non-hydrogen) atoms. The van der Waals surface area contributed by atoms with Crippen LogP contribution in [0.1, 0.15) is 10.4 Å². The number of fused-ring (bicyclic) bond motifs is 1. The van der Waals surface area contributed by atoms with Gasteiger partial charge in [-0.25, -0.2) is 14.2 Å². The van der Waals surface area contributed by atoms with Crippen LogP contribution in [0.15, 0.2) is 77.3 Å². The summed E-state index contributed by atoms with van der Waals surface area (Å²) < 4.78 is 47.3. The first-order valence-electron chi connectivity index (χ1n) is 10.5. The van der Waals surface area contributed by atoms with E-state index in [0.717, 1.165) is 51.1 Å². The second-order valence-corrected chi connectivity index (χ2v) is 10.2. The molecule has 3 N–H and O–H groups in total. The predicted molar refractivity (Wildman–Crippen MR) is 136 cm³/mol. The van der Waals surface area contributed by atoms with Gasteiger partial charge in [0.2, 0.25) is 0 Å². The topological polar surface area (TPSA) is 121 Å². The molecule has 0 radical (unpaired) electrons. The van der Waals surface area contributed by atoms with Gasteiger partial charge in [-0.05, 0) is 29.3 Å². The lowest BCUT2D eigenvalue weighted by Gasteiger charge is -2.12. The van der Waals surface area contributed by atoms with Gasteiger partial charge in [0, 0.05) is 34.1 Å². The number of aromatic amines is 1. The lowest BCUT2D eigenvalue weighted by molar-refractivity contribution is 0.0691. The number of anilines is 1. The molecule has 0 saturated heterocycles.